The van der Waals surface area contributed by atoms with E-state index in [1.54, 1.807) is 28.2 Å². The molecule has 1 aromatic carbocycles. The summed E-state index contributed by atoms with van der Waals surface area (Å²) in [5.41, 5.74) is 3.41. The summed E-state index contributed by atoms with van der Waals surface area (Å²) in [5, 5.41) is 4.92. The Morgan fingerprint density at radius 3 is 3.06 bits per heavy atom. The monoisotopic (exact) mass is 274 g/mol. The first-order chi connectivity index (χ1) is 8.83. The number of nitrogens with zero attached hydrogens (tertiary/aromatic N) is 1. The van der Waals surface area contributed by atoms with Crippen LogP contribution in [0.25, 0.3) is 10.2 Å². The first-order valence-corrected chi connectivity index (χ1v) is 7.23. The Kier molecular flexibility index (Phi) is 3.08. The Labute approximate surface area is 112 Å². The number of fused-ring (bicyclic) bond motifs is 1. The molecule has 0 fully saturated rings. The van der Waals surface area contributed by atoms with Crippen molar-refractivity contribution in [3.63, 3.8) is 0 Å². The maximum Gasteiger partial charge on any atom is 0.251 e. The third-order valence-electron chi connectivity index (χ3n) is 2.60. The zero-order chi connectivity index (χ0) is 12.4. The molecule has 0 saturated carbocycles. The normalized spacial score (nSPS) is 10.7. The molecule has 0 bridgehead atoms. The Morgan fingerprint density at radius 1 is 1.28 bits per heavy atom. The van der Waals surface area contributed by atoms with Gasteiger partial charge >= 0.3 is 0 Å². The summed E-state index contributed by atoms with van der Waals surface area (Å²) in [6.45, 7) is 0.581. The highest BCUT2D eigenvalue weighted by Gasteiger charge is 2.07. The molecule has 1 amide bonds. The molecule has 2 heterocycles. The van der Waals surface area contributed by atoms with E-state index < -0.39 is 0 Å². The molecule has 0 aliphatic heterocycles. The molecule has 5 heteroatoms. The van der Waals surface area contributed by atoms with Crippen LogP contribution >= 0.6 is 22.7 Å². The minimum atomic E-state index is -0.0429. The molecular weight excluding hydrogens is 264 g/mol. The summed E-state index contributed by atoms with van der Waals surface area (Å²) in [5.74, 6) is -0.0429. The highest BCUT2D eigenvalue weighted by atomic mass is 32.1. The molecule has 1 N–H and O–H groups in total. The fourth-order valence-corrected chi connectivity index (χ4v) is 3.04. The van der Waals surface area contributed by atoms with Gasteiger partial charge in [-0.1, -0.05) is 6.07 Å². The van der Waals surface area contributed by atoms with Gasteiger partial charge in [0.05, 0.1) is 22.3 Å². The summed E-state index contributed by atoms with van der Waals surface area (Å²) in [4.78, 5) is 17.3. The molecule has 0 saturated heterocycles. The fourth-order valence-electron chi connectivity index (χ4n) is 1.68. The van der Waals surface area contributed by atoms with E-state index in [4.69, 9.17) is 0 Å². The second-order valence-corrected chi connectivity index (χ2v) is 5.72. The van der Waals surface area contributed by atoms with Crippen molar-refractivity contribution in [1.82, 2.24) is 10.3 Å². The van der Waals surface area contributed by atoms with Gasteiger partial charge in [-0.25, -0.2) is 4.98 Å². The van der Waals surface area contributed by atoms with Crippen molar-refractivity contribution in [3.05, 3.63) is 51.7 Å². The first-order valence-electron chi connectivity index (χ1n) is 5.47. The second kappa shape index (κ2) is 4.88. The lowest BCUT2D eigenvalue weighted by Crippen LogP contribution is -2.22. The van der Waals surface area contributed by atoms with Gasteiger partial charge in [-0.05, 0) is 29.6 Å². The average Bonchev–Trinajstić information content (AvgIpc) is 3.05. The van der Waals surface area contributed by atoms with Crippen LogP contribution < -0.4 is 5.32 Å². The lowest BCUT2D eigenvalue weighted by atomic mass is 10.2. The van der Waals surface area contributed by atoms with E-state index in [1.165, 1.54) is 0 Å². The van der Waals surface area contributed by atoms with Crippen molar-refractivity contribution in [3.8, 4) is 0 Å². The van der Waals surface area contributed by atoms with Gasteiger partial charge in [0.2, 0.25) is 0 Å². The van der Waals surface area contributed by atoms with Crippen LogP contribution in [-0.2, 0) is 6.54 Å². The molecule has 0 aliphatic rings. The molecule has 3 aromatic rings. The second-order valence-electron chi connectivity index (χ2n) is 3.80. The lowest BCUT2D eigenvalue weighted by Gasteiger charge is -2.03. The number of hydrogen-bond donors (Lipinski definition) is 1. The molecular formula is C13H10N2OS2. The Morgan fingerprint density at radius 2 is 2.22 bits per heavy atom. The third kappa shape index (κ3) is 2.27. The number of rotatable bonds is 3. The van der Waals surface area contributed by atoms with Gasteiger partial charge in [0.15, 0.2) is 0 Å². The molecule has 90 valence electrons. The van der Waals surface area contributed by atoms with E-state index >= 15 is 0 Å². The van der Waals surface area contributed by atoms with Crippen molar-refractivity contribution in [1.29, 1.82) is 0 Å². The molecule has 0 unspecified atom stereocenters. The number of carbonyl (C=O) groups excluding carboxylic acids is 1. The van der Waals surface area contributed by atoms with Gasteiger partial charge < -0.3 is 5.32 Å². The number of nitrogens with one attached hydrogen (secondary N) is 1. The summed E-state index contributed by atoms with van der Waals surface area (Å²) < 4.78 is 1.04. The minimum Gasteiger partial charge on any atom is -0.347 e. The van der Waals surface area contributed by atoms with Crippen LogP contribution in [-0.4, -0.2) is 10.9 Å². The number of carbonyl (C=O) groups is 1. The Hall–Kier alpha value is -1.72. The van der Waals surface area contributed by atoms with E-state index in [0.29, 0.717) is 12.1 Å². The van der Waals surface area contributed by atoms with Crippen LogP contribution in [0.5, 0.6) is 0 Å². The average molecular weight is 274 g/mol. The first kappa shape index (κ1) is 11.4. The van der Waals surface area contributed by atoms with E-state index in [9.17, 15) is 4.79 Å². The van der Waals surface area contributed by atoms with E-state index in [2.05, 4.69) is 10.3 Å². The van der Waals surface area contributed by atoms with Gasteiger partial charge in [-0.3, -0.25) is 4.79 Å². The quantitative estimate of drug-likeness (QED) is 0.796. The molecule has 3 nitrogen and oxygen atoms in total. The predicted molar refractivity (Wildman–Crippen MR) is 75.1 cm³/mol. The maximum atomic E-state index is 12.0. The Bertz CT molecular complexity index is 673. The van der Waals surface area contributed by atoms with Gasteiger partial charge in [-0.15, -0.1) is 22.7 Å². The minimum absolute atomic E-state index is 0.0429. The molecule has 0 spiro atoms. The summed E-state index contributed by atoms with van der Waals surface area (Å²) >= 11 is 3.19. The molecule has 18 heavy (non-hydrogen) atoms. The van der Waals surface area contributed by atoms with Crippen LogP contribution in [0.15, 0.2) is 41.2 Å². The molecule has 0 aliphatic carbocycles. The standard InChI is InChI=1S/C13H10N2OS2/c16-13(14-7-10-2-1-5-17-10)9-3-4-11-12(6-9)18-8-15-11/h1-6,8H,7H2,(H,14,16). The van der Waals surface area contributed by atoms with Crippen molar-refractivity contribution >= 4 is 38.8 Å². The SMILES string of the molecule is O=C(NCc1cccs1)c1ccc2ncsc2c1. The number of thiazole rings is 1. The zero-order valence-corrected chi connectivity index (χ0v) is 11.1. The van der Waals surface area contributed by atoms with Crippen LogP contribution in [0.3, 0.4) is 0 Å². The van der Waals surface area contributed by atoms with Crippen molar-refractivity contribution in [2.45, 2.75) is 6.54 Å². The van der Waals surface area contributed by atoms with Gasteiger partial charge in [0.25, 0.3) is 5.91 Å². The van der Waals surface area contributed by atoms with Gasteiger partial charge in [0.1, 0.15) is 0 Å². The van der Waals surface area contributed by atoms with Crippen LogP contribution in [0.2, 0.25) is 0 Å². The number of aromatic nitrogens is 1. The van der Waals surface area contributed by atoms with E-state index in [0.717, 1.165) is 15.1 Å². The number of hydrogen-bond acceptors (Lipinski definition) is 4. The van der Waals surface area contributed by atoms with Crippen molar-refractivity contribution < 1.29 is 4.79 Å². The largest absolute Gasteiger partial charge is 0.347 e. The molecule has 0 radical (unpaired) electrons. The smallest absolute Gasteiger partial charge is 0.251 e. The topological polar surface area (TPSA) is 42.0 Å². The third-order valence-corrected chi connectivity index (χ3v) is 4.26. The summed E-state index contributed by atoms with van der Waals surface area (Å²) in [6.07, 6.45) is 0. The van der Waals surface area contributed by atoms with Crippen LogP contribution in [0.1, 0.15) is 15.2 Å². The zero-order valence-electron chi connectivity index (χ0n) is 9.42. The van der Waals surface area contributed by atoms with Crippen LogP contribution in [0, 0.1) is 0 Å². The fraction of sp³-hybridized carbons (Fsp3) is 0.0769. The summed E-state index contributed by atoms with van der Waals surface area (Å²) in [7, 11) is 0. The van der Waals surface area contributed by atoms with Crippen LogP contribution in [0.4, 0.5) is 0 Å². The number of amides is 1. The highest BCUT2D eigenvalue weighted by Crippen LogP contribution is 2.19. The highest BCUT2D eigenvalue weighted by molar-refractivity contribution is 7.16. The van der Waals surface area contributed by atoms with E-state index in [-0.39, 0.29) is 5.91 Å². The molecule has 2 aromatic heterocycles. The van der Waals surface area contributed by atoms with Crippen molar-refractivity contribution in [2.75, 3.05) is 0 Å². The van der Waals surface area contributed by atoms with E-state index in [1.807, 2.05) is 35.7 Å². The van der Waals surface area contributed by atoms with Gasteiger partial charge in [-0.2, -0.15) is 0 Å². The predicted octanol–water partition coefficient (Wildman–Crippen LogP) is 3.29. The molecule has 3 rings (SSSR count). The lowest BCUT2D eigenvalue weighted by molar-refractivity contribution is 0.0951. The number of thiophene rings is 1. The maximum absolute atomic E-state index is 12.0. The Balaban J connectivity index is 1.75. The summed E-state index contributed by atoms with van der Waals surface area (Å²) in [6, 6.07) is 9.57. The van der Waals surface area contributed by atoms with Gasteiger partial charge in [0, 0.05) is 10.4 Å². The number of benzene rings is 1. The molecule has 0 atom stereocenters. The van der Waals surface area contributed by atoms with Crippen molar-refractivity contribution in [2.24, 2.45) is 0 Å².